The summed E-state index contributed by atoms with van der Waals surface area (Å²) >= 11 is 0. The van der Waals surface area contributed by atoms with Gasteiger partial charge < -0.3 is 15.6 Å². The molecule has 0 saturated heterocycles. The molecule has 0 spiro atoms. The molecular formula is C14H21NO3. The van der Waals surface area contributed by atoms with Crippen molar-refractivity contribution in [2.24, 2.45) is 11.7 Å². The number of benzene rings is 1. The molecule has 0 aliphatic rings. The molecule has 0 heterocycles. The molecule has 3 N–H and O–H groups in total. The second kappa shape index (κ2) is 7.01. The van der Waals surface area contributed by atoms with E-state index >= 15 is 0 Å². The first-order chi connectivity index (χ1) is 8.52. The fourth-order valence-electron chi connectivity index (χ4n) is 1.93. The predicted molar refractivity (Wildman–Crippen MR) is 70.6 cm³/mol. The highest BCUT2D eigenvalue weighted by Crippen LogP contribution is 2.23. The molecule has 0 aromatic heterocycles. The van der Waals surface area contributed by atoms with Gasteiger partial charge in [-0.05, 0) is 37.0 Å². The van der Waals surface area contributed by atoms with Gasteiger partial charge in [-0.3, -0.25) is 4.79 Å². The van der Waals surface area contributed by atoms with Gasteiger partial charge in [0.15, 0.2) is 0 Å². The standard InChI is InChI=1S/C14H21NO3/c1-3-18-12-6-4-11(5-7-12)13(15)8-10(2)9-14(16)17/h4-7,10,13H,3,8-9,15H2,1-2H3,(H,16,17). The van der Waals surface area contributed by atoms with Crippen molar-refractivity contribution in [3.05, 3.63) is 29.8 Å². The van der Waals surface area contributed by atoms with Crippen LogP contribution in [0.5, 0.6) is 5.75 Å². The van der Waals surface area contributed by atoms with Gasteiger partial charge in [0.05, 0.1) is 6.61 Å². The number of aliphatic carboxylic acids is 1. The fraction of sp³-hybridized carbons (Fsp3) is 0.500. The lowest BCUT2D eigenvalue weighted by Gasteiger charge is -2.16. The Morgan fingerprint density at radius 3 is 2.50 bits per heavy atom. The summed E-state index contributed by atoms with van der Waals surface area (Å²) in [5.41, 5.74) is 7.07. The van der Waals surface area contributed by atoms with E-state index in [0.717, 1.165) is 11.3 Å². The third-order valence-electron chi connectivity index (χ3n) is 2.80. The minimum absolute atomic E-state index is 0.0732. The summed E-state index contributed by atoms with van der Waals surface area (Å²) in [6, 6.07) is 7.52. The molecular weight excluding hydrogens is 230 g/mol. The molecule has 0 saturated carbocycles. The number of nitrogens with two attached hydrogens (primary N) is 1. The van der Waals surface area contributed by atoms with Crippen LogP contribution in [0.3, 0.4) is 0 Å². The summed E-state index contributed by atoms with van der Waals surface area (Å²) in [5.74, 6) is 0.123. The first-order valence-electron chi connectivity index (χ1n) is 6.23. The smallest absolute Gasteiger partial charge is 0.303 e. The summed E-state index contributed by atoms with van der Waals surface area (Å²) in [6.45, 7) is 4.48. The van der Waals surface area contributed by atoms with Crippen molar-refractivity contribution in [2.45, 2.75) is 32.7 Å². The lowest BCUT2D eigenvalue weighted by molar-refractivity contribution is -0.138. The Hall–Kier alpha value is -1.55. The van der Waals surface area contributed by atoms with E-state index < -0.39 is 5.97 Å². The third-order valence-corrected chi connectivity index (χ3v) is 2.80. The normalized spacial score (nSPS) is 13.9. The third kappa shape index (κ3) is 4.75. The van der Waals surface area contributed by atoms with E-state index in [-0.39, 0.29) is 18.4 Å². The second-order valence-corrected chi connectivity index (χ2v) is 4.55. The molecule has 0 aliphatic carbocycles. The van der Waals surface area contributed by atoms with Gasteiger partial charge in [0.2, 0.25) is 0 Å². The van der Waals surface area contributed by atoms with Crippen molar-refractivity contribution < 1.29 is 14.6 Å². The lowest BCUT2D eigenvalue weighted by atomic mass is 9.94. The average molecular weight is 251 g/mol. The van der Waals surface area contributed by atoms with Gasteiger partial charge >= 0.3 is 5.97 Å². The molecule has 0 fully saturated rings. The quantitative estimate of drug-likeness (QED) is 0.781. The Labute approximate surface area is 108 Å². The zero-order chi connectivity index (χ0) is 13.5. The second-order valence-electron chi connectivity index (χ2n) is 4.55. The maximum absolute atomic E-state index is 10.6. The molecule has 4 nitrogen and oxygen atoms in total. The maximum Gasteiger partial charge on any atom is 0.303 e. The molecule has 0 radical (unpaired) electrons. The van der Waals surface area contributed by atoms with Crippen molar-refractivity contribution >= 4 is 5.97 Å². The highest BCUT2D eigenvalue weighted by Gasteiger charge is 2.13. The molecule has 1 aromatic carbocycles. The maximum atomic E-state index is 10.6. The van der Waals surface area contributed by atoms with Crippen molar-refractivity contribution in [2.75, 3.05) is 6.61 Å². The minimum Gasteiger partial charge on any atom is -0.494 e. The Bertz CT molecular complexity index is 375. The number of hydrogen-bond acceptors (Lipinski definition) is 3. The molecule has 2 unspecified atom stereocenters. The van der Waals surface area contributed by atoms with Crippen LogP contribution < -0.4 is 10.5 Å². The van der Waals surface area contributed by atoms with Crippen molar-refractivity contribution in [3.8, 4) is 5.75 Å². The molecule has 0 aliphatic heterocycles. The molecule has 100 valence electrons. The van der Waals surface area contributed by atoms with Crippen LogP contribution >= 0.6 is 0 Å². The van der Waals surface area contributed by atoms with E-state index in [4.69, 9.17) is 15.6 Å². The molecule has 1 aromatic rings. The number of carboxylic acid groups (broad SMARTS) is 1. The first-order valence-corrected chi connectivity index (χ1v) is 6.23. The monoisotopic (exact) mass is 251 g/mol. The number of rotatable bonds is 7. The van der Waals surface area contributed by atoms with Gasteiger partial charge in [0.1, 0.15) is 5.75 Å². The Morgan fingerprint density at radius 1 is 1.39 bits per heavy atom. The summed E-state index contributed by atoms with van der Waals surface area (Å²) in [6.07, 6.45) is 0.824. The topological polar surface area (TPSA) is 72.5 Å². The highest BCUT2D eigenvalue weighted by molar-refractivity contribution is 5.66. The average Bonchev–Trinajstić information content (AvgIpc) is 2.29. The van der Waals surface area contributed by atoms with E-state index in [2.05, 4.69) is 0 Å². The number of carboxylic acids is 1. The zero-order valence-electron chi connectivity index (χ0n) is 10.9. The SMILES string of the molecule is CCOc1ccc(C(N)CC(C)CC(=O)O)cc1. The van der Waals surface area contributed by atoms with Crippen LogP contribution in [-0.4, -0.2) is 17.7 Å². The molecule has 4 heteroatoms. The van der Waals surface area contributed by atoms with Crippen LogP contribution in [0.15, 0.2) is 24.3 Å². The van der Waals surface area contributed by atoms with Crippen LogP contribution in [-0.2, 0) is 4.79 Å². The summed E-state index contributed by atoms with van der Waals surface area (Å²) in [4.78, 5) is 10.6. The molecule has 0 amide bonds. The van der Waals surface area contributed by atoms with Crippen LogP contribution in [0, 0.1) is 5.92 Å². The van der Waals surface area contributed by atoms with Gasteiger partial charge in [0.25, 0.3) is 0 Å². The van der Waals surface area contributed by atoms with Crippen molar-refractivity contribution in [1.29, 1.82) is 0 Å². The number of hydrogen-bond donors (Lipinski definition) is 2. The van der Waals surface area contributed by atoms with Gasteiger partial charge in [-0.2, -0.15) is 0 Å². The molecule has 2 atom stereocenters. The Kier molecular flexibility index (Phi) is 5.65. The van der Waals surface area contributed by atoms with Crippen LogP contribution in [0.2, 0.25) is 0 Å². The van der Waals surface area contributed by atoms with Gasteiger partial charge in [-0.15, -0.1) is 0 Å². The molecule has 1 rings (SSSR count). The summed E-state index contributed by atoms with van der Waals surface area (Å²) in [5, 5.41) is 8.71. The van der Waals surface area contributed by atoms with Crippen LogP contribution in [0.1, 0.15) is 38.3 Å². The van der Waals surface area contributed by atoms with E-state index in [1.165, 1.54) is 0 Å². The lowest BCUT2D eigenvalue weighted by Crippen LogP contribution is -2.16. The minimum atomic E-state index is -0.776. The van der Waals surface area contributed by atoms with Crippen molar-refractivity contribution in [1.82, 2.24) is 0 Å². The highest BCUT2D eigenvalue weighted by atomic mass is 16.5. The van der Waals surface area contributed by atoms with Gasteiger partial charge in [0, 0.05) is 12.5 Å². The van der Waals surface area contributed by atoms with E-state index in [1.807, 2.05) is 38.1 Å². The van der Waals surface area contributed by atoms with Gasteiger partial charge in [-0.1, -0.05) is 19.1 Å². The van der Waals surface area contributed by atoms with Crippen LogP contribution in [0.4, 0.5) is 0 Å². The van der Waals surface area contributed by atoms with E-state index in [1.54, 1.807) is 0 Å². The van der Waals surface area contributed by atoms with Crippen LogP contribution in [0.25, 0.3) is 0 Å². The largest absolute Gasteiger partial charge is 0.494 e. The molecule has 18 heavy (non-hydrogen) atoms. The Balaban J connectivity index is 2.55. The predicted octanol–water partition coefficient (Wildman–Crippen LogP) is 2.59. The fourth-order valence-corrected chi connectivity index (χ4v) is 1.93. The zero-order valence-corrected chi connectivity index (χ0v) is 10.9. The van der Waals surface area contributed by atoms with E-state index in [9.17, 15) is 4.79 Å². The molecule has 0 bridgehead atoms. The summed E-state index contributed by atoms with van der Waals surface area (Å²) in [7, 11) is 0. The van der Waals surface area contributed by atoms with Gasteiger partial charge in [-0.25, -0.2) is 0 Å². The first kappa shape index (κ1) is 14.5. The summed E-state index contributed by atoms with van der Waals surface area (Å²) < 4.78 is 5.36. The van der Waals surface area contributed by atoms with Crippen molar-refractivity contribution in [3.63, 3.8) is 0 Å². The number of carbonyl (C=O) groups is 1. The number of ether oxygens (including phenoxy) is 1. The Morgan fingerprint density at radius 2 is 2.00 bits per heavy atom. The van der Waals surface area contributed by atoms with E-state index in [0.29, 0.717) is 13.0 Å².